The number of methoxy groups -OCH3 is 2. The maximum Gasteiger partial charge on any atom is 0.185 e. The molecule has 2 heterocycles. The molecule has 1 aromatic heterocycles. The van der Waals surface area contributed by atoms with Crippen molar-refractivity contribution in [2.45, 2.75) is 43.3 Å². The summed E-state index contributed by atoms with van der Waals surface area (Å²) in [7, 11) is -0.521. The zero-order valence-electron chi connectivity index (χ0n) is 19.5. The number of ether oxygens (including phenoxy) is 2. The molecule has 2 aromatic carbocycles. The van der Waals surface area contributed by atoms with Crippen LogP contribution in [0, 0.1) is 13.8 Å². The van der Waals surface area contributed by atoms with Crippen molar-refractivity contribution in [3.8, 4) is 11.5 Å². The van der Waals surface area contributed by atoms with Gasteiger partial charge in [-0.1, -0.05) is 18.2 Å². The Balaban J connectivity index is 1.43. The molecule has 1 aliphatic rings. The summed E-state index contributed by atoms with van der Waals surface area (Å²) in [6, 6.07) is 11.4. The van der Waals surface area contributed by atoms with E-state index in [4.69, 9.17) is 14.5 Å². The minimum absolute atomic E-state index is 0.202. The van der Waals surface area contributed by atoms with Gasteiger partial charge in [-0.05, 0) is 55.5 Å². The van der Waals surface area contributed by atoms with Crippen LogP contribution in [0.15, 0.2) is 46.7 Å². The number of rotatable bonds is 7. The minimum Gasteiger partial charge on any atom is -0.497 e. The van der Waals surface area contributed by atoms with Crippen LogP contribution in [0.25, 0.3) is 0 Å². The second kappa shape index (κ2) is 9.73. The lowest BCUT2D eigenvalue weighted by Gasteiger charge is -2.31. The third-order valence-electron chi connectivity index (χ3n) is 6.32. The molecule has 1 saturated heterocycles. The molecule has 0 amide bonds. The van der Waals surface area contributed by atoms with Gasteiger partial charge in [-0.15, -0.1) is 11.3 Å². The molecule has 0 spiro atoms. The highest BCUT2D eigenvalue weighted by molar-refractivity contribution is 7.92. The highest BCUT2D eigenvalue weighted by atomic mass is 32.2. The Bertz CT molecular complexity index is 1230. The van der Waals surface area contributed by atoms with Crippen molar-refractivity contribution in [2.24, 2.45) is 0 Å². The summed E-state index contributed by atoms with van der Waals surface area (Å²) in [5.41, 5.74) is 4.89. The van der Waals surface area contributed by atoms with E-state index in [1.54, 1.807) is 29.5 Å². The number of nitrogens with zero attached hydrogens (tertiary/aromatic N) is 2. The van der Waals surface area contributed by atoms with Gasteiger partial charge in [0.05, 0.1) is 25.2 Å². The summed E-state index contributed by atoms with van der Waals surface area (Å²) in [6.45, 7) is 5.57. The quantitative estimate of drug-likeness (QED) is 0.477. The molecule has 0 aliphatic carbocycles. The molecule has 0 radical (unpaired) electrons. The first-order valence-electron chi connectivity index (χ1n) is 11.0. The number of hydrogen-bond acceptors (Lipinski definition) is 7. The highest BCUT2D eigenvalue weighted by Gasteiger charge is 2.34. The van der Waals surface area contributed by atoms with Gasteiger partial charge in [-0.25, -0.2) is 13.4 Å². The number of benzene rings is 2. The van der Waals surface area contributed by atoms with Gasteiger partial charge < -0.3 is 14.4 Å². The lowest BCUT2D eigenvalue weighted by Crippen LogP contribution is -2.39. The summed E-state index contributed by atoms with van der Waals surface area (Å²) in [4.78, 5) is 7.23. The van der Waals surface area contributed by atoms with E-state index in [2.05, 4.69) is 42.3 Å². The van der Waals surface area contributed by atoms with Crippen molar-refractivity contribution in [3.05, 3.63) is 64.2 Å². The van der Waals surface area contributed by atoms with Crippen LogP contribution >= 0.6 is 11.3 Å². The fourth-order valence-corrected chi connectivity index (χ4v) is 6.97. The summed E-state index contributed by atoms with van der Waals surface area (Å²) in [6.07, 6.45) is 1.90. The number of aryl methyl sites for hydroxylation is 2. The third kappa shape index (κ3) is 5.01. The van der Waals surface area contributed by atoms with Gasteiger partial charge in [0, 0.05) is 31.0 Å². The second-order valence-corrected chi connectivity index (χ2v) is 11.5. The number of piperidine rings is 1. The Labute approximate surface area is 200 Å². The van der Waals surface area contributed by atoms with Gasteiger partial charge in [0.1, 0.15) is 16.4 Å². The molecule has 0 N–H and O–H groups in total. The van der Waals surface area contributed by atoms with Crippen LogP contribution in [-0.2, 0) is 16.3 Å². The maximum absolute atomic E-state index is 13.4. The van der Waals surface area contributed by atoms with Crippen molar-refractivity contribution in [1.29, 1.82) is 0 Å². The number of hydrogen-bond donors (Lipinski definition) is 0. The highest BCUT2D eigenvalue weighted by Crippen LogP contribution is 2.35. The second-order valence-electron chi connectivity index (χ2n) is 8.47. The molecule has 4 rings (SSSR count). The van der Waals surface area contributed by atoms with Crippen LogP contribution < -0.4 is 14.4 Å². The molecule has 0 unspecified atom stereocenters. The van der Waals surface area contributed by atoms with Crippen LogP contribution in [-0.4, -0.2) is 46.0 Å². The fourth-order valence-electron chi connectivity index (χ4n) is 4.19. The molecular formula is C25H30N2O4S2. The van der Waals surface area contributed by atoms with Gasteiger partial charge in [-0.3, -0.25) is 0 Å². The summed E-state index contributed by atoms with van der Waals surface area (Å²) in [5.74, 6) is 0.861. The predicted octanol–water partition coefficient (Wildman–Crippen LogP) is 4.81. The molecule has 8 heteroatoms. The molecule has 33 heavy (non-hydrogen) atoms. The summed E-state index contributed by atoms with van der Waals surface area (Å²) < 4.78 is 37.3. The Morgan fingerprint density at radius 3 is 2.45 bits per heavy atom. The first-order valence-corrected chi connectivity index (χ1v) is 13.5. The Morgan fingerprint density at radius 1 is 1.03 bits per heavy atom. The van der Waals surface area contributed by atoms with E-state index in [0.717, 1.165) is 17.2 Å². The SMILES string of the molecule is COc1ccc(OC)c(S(=O)(=O)C2CCN(c3nc(Cc4ccc(C)c(C)c4)cs3)CC2)c1. The van der Waals surface area contributed by atoms with E-state index < -0.39 is 15.1 Å². The monoisotopic (exact) mass is 486 g/mol. The number of sulfone groups is 1. The summed E-state index contributed by atoms with van der Waals surface area (Å²) in [5, 5.41) is 2.61. The van der Waals surface area contributed by atoms with Crippen LogP contribution in [0.4, 0.5) is 5.13 Å². The van der Waals surface area contributed by atoms with Gasteiger partial charge in [0.2, 0.25) is 0 Å². The Morgan fingerprint density at radius 2 is 1.79 bits per heavy atom. The molecular weight excluding hydrogens is 456 g/mol. The third-order valence-corrected chi connectivity index (χ3v) is 9.56. The Hall–Kier alpha value is -2.58. The lowest BCUT2D eigenvalue weighted by molar-refractivity contribution is 0.391. The Kier molecular flexibility index (Phi) is 6.95. The van der Waals surface area contributed by atoms with E-state index in [-0.39, 0.29) is 4.90 Å². The average molecular weight is 487 g/mol. The average Bonchev–Trinajstić information content (AvgIpc) is 3.29. The van der Waals surface area contributed by atoms with Crippen LogP contribution in [0.3, 0.4) is 0 Å². The molecule has 6 nitrogen and oxygen atoms in total. The van der Waals surface area contributed by atoms with E-state index in [9.17, 15) is 8.42 Å². The zero-order chi connectivity index (χ0) is 23.6. The first kappa shape index (κ1) is 23.6. The predicted molar refractivity (Wildman–Crippen MR) is 133 cm³/mol. The molecule has 0 bridgehead atoms. The van der Waals surface area contributed by atoms with E-state index >= 15 is 0 Å². The molecule has 176 valence electrons. The van der Waals surface area contributed by atoms with Crippen molar-refractivity contribution in [3.63, 3.8) is 0 Å². The molecule has 3 aromatic rings. The maximum atomic E-state index is 13.4. The van der Waals surface area contributed by atoms with Gasteiger partial charge >= 0.3 is 0 Å². The summed E-state index contributed by atoms with van der Waals surface area (Å²) >= 11 is 1.63. The standard InChI is InChI=1S/C25H30N2O4S2/c1-17-5-6-19(13-18(17)2)14-20-16-32-25(26-20)27-11-9-22(10-12-27)33(28,29)24-15-21(30-3)7-8-23(24)31-4/h5-8,13,15-16,22H,9-12,14H2,1-4H3. The van der Waals surface area contributed by atoms with E-state index in [1.807, 2.05) is 0 Å². The number of aromatic nitrogens is 1. The molecule has 0 saturated carbocycles. The zero-order valence-corrected chi connectivity index (χ0v) is 21.1. The molecule has 1 aliphatic heterocycles. The van der Waals surface area contributed by atoms with Gasteiger partial charge in [0.25, 0.3) is 0 Å². The number of anilines is 1. The van der Waals surface area contributed by atoms with Crippen LogP contribution in [0.2, 0.25) is 0 Å². The van der Waals surface area contributed by atoms with E-state index in [1.165, 1.54) is 30.9 Å². The van der Waals surface area contributed by atoms with Crippen molar-refractivity contribution in [2.75, 3.05) is 32.2 Å². The van der Waals surface area contributed by atoms with Crippen molar-refractivity contribution < 1.29 is 17.9 Å². The van der Waals surface area contributed by atoms with Crippen LogP contribution in [0.1, 0.15) is 35.2 Å². The number of thiazole rings is 1. The van der Waals surface area contributed by atoms with Crippen molar-refractivity contribution >= 4 is 26.3 Å². The topological polar surface area (TPSA) is 68.7 Å². The molecule has 1 fully saturated rings. The normalized spacial score (nSPS) is 15.0. The minimum atomic E-state index is -3.53. The largest absolute Gasteiger partial charge is 0.497 e. The molecule has 0 atom stereocenters. The van der Waals surface area contributed by atoms with Crippen LogP contribution in [0.5, 0.6) is 11.5 Å². The fraction of sp³-hybridized carbons (Fsp3) is 0.400. The smallest absolute Gasteiger partial charge is 0.185 e. The van der Waals surface area contributed by atoms with Gasteiger partial charge in [-0.2, -0.15) is 0 Å². The van der Waals surface area contributed by atoms with Gasteiger partial charge in [0.15, 0.2) is 15.0 Å². The first-order chi connectivity index (χ1) is 15.8. The van der Waals surface area contributed by atoms with Crippen molar-refractivity contribution in [1.82, 2.24) is 4.98 Å². The lowest BCUT2D eigenvalue weighted by atomic mass is 10.0. The van der Waals surface area contributed by atoms with E-state index in [0.29, 0.717) is 37.4 Å².